The molecule has 1 saturated heterocycles. The smallest absolute Gasteiger partial charge is 0.246 e. The Labute approximate surface area is 109 Å². The van der Waals surface area contributed by atoms with Crippen molar-refractivity contribution in [2.24, 2.45) is 5.92 Å². The van der Waals surface area contributed by atoms with Gasteiger partial charge < -0.3 is 10.2 Å². The fourth-order valence-electron chi connectivity index (χ4n) is 2.22. The van der Waals surface area contributed by atoms with Gasteiger partial charge in [-0.3, -0.25) is 9.59 Å². The highest BCUT2D eigenvalue weighted by Crippen LogP contribution is 2.18. The third kappa shape index (κ3) is 3.12. The molecule has 2 amide bonds. The molecule has 1 aliphatic rings. The van der Waals surface area contributed by atoms with E-state index in [2.05, 4.69) is 5.32 Å². The van der Waals surface area contributed by atoms with Crippen LogP contribution in [0.2, 0.25) is 0 Å². The van der Waals surface area contributed by atoms with Gasteiger partial charge in [0.1, 0.15) is 12.1 Å². The molecule has 0 spiro atoms. The van der Waals surface area contributed by atoms with Crippen LogP contribution in [0.3, 0.4) is 0 Å². The van der Waals surface area contributed by atoms with E-state index in [0.717, 1.165) is 5.57 Å². The number of hydrogen-bond donors (Lipinski definition) is 1. The van der Waals surface area contributed by atoms with Crippen LogP contribution in [0, 0.1) is 5.92 Å². The molecule has 0 aliphatic carbocycles. The third-order valence-electron chi connectivity index (χ3n) is 3.24. The molecule has 102 valence electrons. The first-order valence-corrected chi connectivity index (χ1v) is 6.62. The second-order valence-electron chi connectivity index (χ2n) is 5.43. The summed E-state index contributed by atoms with van der Waals surface area (Å²) in [4.78, 5) is 26.1. The number of hydrogen-bond acceptors (Lipinski definition) is 2. The summed E-state index contributed by atoms with van der Waals surface area (Å²) in [5.41, 5.74) is 1.16. The van der Waals surface area contributed by atoms with Gasteiger partial charge in [-0.05, 0) is 26.2 Å². The van der Waals surface area contributed by atoms with E-state index >= 15 is 0 Å². The number of piperazine rings is 1. The Bertz CT molecular complexity index is 357. The molecule has 1 N–H and O–H groups in total. The van der Waals surface area contributed by atoms with E-state index in [0.29, 0.717) is 13.0 Å². The summed E-state index contributed by atoms with van der Waals surface area (Å²) in [5.74, 6) is 0.129. The van der Waals surface area contributed by atoms with E-state index in [1.54, 1.807) is 4.90 Å². The molecule has 4 nitrogen and oxygen atoms in total. The molecular weight excluding hydrogens is 228 g/mol. The number of carbonyl (C=O) groups is 2. The predicted molar refractivity (Wildman–Crippen MR) is 72.0 cm³/mol. The molecule has 0 radical (unpaired) electrons. The highest BCUT2D eigenvalue weighted by Gasteiger charge is 2.40. The maximum atomic E-state index is 12.3. The van der Waals surface area contributed by atoms with E-state index < -0.39 is 0 Å². The lowest BCUT2D eigenvalue weighted by Crippen LogP contribution is -2.64. The molecular formula is C14H24N2O2. The van der Waals surface area contributed by atoms with Crippen molar-refractivity contribution in [3.8, 4) is 0 Å². The average Bonchev–Trinajstić information content (AvgIpc) is 2.28. The number of rotatable bonds is 4. The second-order valence-corrected chi connectivity index (χ2v) is 5.43. The molecule has 1 aliphatic heterocycles. The lowest BCUT2D eigenvalue weighted by Gasteiger charge is -2.40. The lowest BCUT2D eigenvalue weighted by atomic mass is 9.96. The van der Waals surface area contributed by atoms with Gasteiger partial charge in [-0.1, -0.05) is 32.4 Å². The van der Waals surface area contributed by atoms with Crippen molar-refractivity contribution in [1.82, 2.24) is 10.2 Å². The zero-order chi connectivity index (χ0) is 13.9. The largest absolute Gasteiger partial charge is 0.343 e. The lowest BCUT2D eigenvalue weighted by molar-refractivity contribution is -0.150. The maximum absolute atomic E-state index is 12.3. The van der Waals surface area contributed by atoms with Gasteiger partial charge in [0.15, 0.2) is 0 Å². The fraction of sp³-hybridized carbons (Fsp3) is 0.714. The maximum Gasteiger partial charge on any atom is 0.246 e. The molecule has 4 heteroatoms. The first-order chi connectivity index (χ1) is 8.38. The normalized spacial score (nSPS) is 24.2. The second kappa shape index (κ2) is 6.03. The minimum Gasteiger partial charge on any atom is -0.343 e. The molecule has 2 atom stereocenters. The van der Waals surface area contributed by atoms with Crippen molar-refractivity contribution in [1.29, 1.82) is 0 Å². The molecule has 0 aromatic heterocycles. The van der Waals surface area contributed by atoms with E-state index in [-0.39, 0.29) is 29.8 Å². The zero-order valence-electron chi connectivity index (χ0n) is 12.0. The Hall–Kier alpha value is -1.32. The molecule has 1 heterocycles. The highest BCUT2D eigenvalue weighted by atomic mass is 16.2. The van der Waals surface area contributed by atoms with Crippen molar-refractivity contribution in [2.75, 3.05) is 6.54 Å². The van der Waals surface area contributed by atoms with E-state index in [1.807, 2.05) is 40.7 Å². The van der Waals surface area contributed by atoms with Gasteiger partial charge in [0.25, 0.3) is 0 Å². The summed E-state index contributed by atoms with van der Waals surface area (Å²) in [6.07, 6.45) is 2.64. The van der Waals surface area contributed by atoms with Crippen LogP contribution in [0.1, 0.15) is 41.0 Å². The average molecular weight is 252 g/mol. The zero-order valence-corrected chi connectivity index (χ0v) is 12.0. The first kappa shape index (κ1) is 14.7. The van der Waals surface area contributed by atoms with Crippen LogP contribution in [0.4, 0.5) is 0 Å². The number of amides is 2. The van der Waals surface area contributed by atoms with Gasteiger partial charge in [-0.15, -0.1) is 0 Å². The number of nitrogens with zero attached hydrogens (tertiary/aromatic N) is 1. The van der Waals surface area contributed by atoms with Crippen LogP contribution in [-0.2, 0) is 9.59 Å². The predicted octanol–water partition coefficient (Wildman–Crippen LogP) is 1.71. The Kier molecular flexibility index (Phi) is 4.93. The Morgan fingerprint density at radius 3 is 2.44 bits per heavy atom. The van der Waals surface area contributed by atoms with E-state index in [9.17, 15) is 9.59 Å². The molecule has 1 fully saturated rings. The topological polar surface area (TPSA) is 49.4 Å². The van der Waals surface area contributed by atoms with E-state index in [1.165, 1.54) is 0 Å². The highest BCUT2D eigenvalue weighted by molar-refractivity contribution is 5.97. The van der Waals surface area contributed by atoms with Crippen LogP contribution in [0.5, 0.6) is 0 Å². The summed E-state index contributed by atoms with van der Waals surface area (Å²) < 4.78 is 0. The summed E-state index contributed by atoms with van der Waals surface area (Å²) in [6, 6.07) is -0.714. The van der Waals surface area contributed by atoms with Crippen molar-refractivity contribution < 1.29 is 9.59 Å². The Morgan fingerprint density at radius 2 is 2.00 bits per heavy atom. The summed E-state index contributed by atoms with van der Waals surface area (Å²) in [6.45, 7) is 10.4. The van der Waals surface area contributed by atoms with Gasteiger partial charge in [-0.2, -0.15) is 0 Å². The molecule has 18 heavy (non-hydrogen) atoms. The van der Waals surface area contributed by atoms with Crippen LogP contribution in [0.15, 0.2) is 11.6 Å². The molecule has 1 rings (SSSR count). The monoisotopic (exact) mass is 252 g/mol. The summed E-state index contributed by atoms with van der Waals surface area (Å²) in [7, 11) is 0. The standard InChI is InChI=1S/C14H24N2O2/c1-6-11-14(18)16(8-7-9(2)3)12(10(4)5)13(17)15-11/h7,10-12H,6,8H2,1-5H3,(H,15,17). The minimum atomic E-state index is -0.363. The first-order valence-electron chi connectivity index (χ1n) is 6.62. The van der Waals surface area contributed by atoms with Gasteiger partial charge in [0.05, 0.1) is 0 Å². The van der Waals surface area contributed by atoms with Crippen molar-refractivity contribution in [3.63, 3.8) is 0 Å². The van der Waals surface area contributed by atoms with Crippen molar-refractivity contribution in [3.05, 3.63) is 11.6 Å². The number of allylic oxidation sites excluding steroid dienone is 1. The Balaban J connectivity index is 2.97. The van der Waals surface area contributed by atoms with Crippen molar-refractivity contribution >= 4 is 11.8 Å². The van der Waals surface area contributed by atoms with Crippen LogP contribution >= 0.6 is 0 Å². The van der Waals surface area contributed by atoms with E-state index in [4.69, 9.17) is 0 Å². The molecule has 0 saturated carbocycles. The summed E-state index contributed by atoms with van der Waals surface area (Å²) in [5, 5.41) is 2.81. The van der Waals surface area contributed by atoms with Gasteiger partial charge in [0, 0.05) is 6.54 Å². The Morgan fingerprint density at radius 1 is 1.39 bits per heavy atom. The fourth-order valence-corrected chi connectivity index (χ4v) is 2.22. The van der Waals surface area contributed by atoms with Crippen LogP contribution in [-0.4, -0.2) is 35.3 Å². The van der Waals surface area contributed by atoms with Crippen molar-refractivity contribution in [2.45, 2.75) is 53.1 Å². The molecule has 0 aromatic carbocycles. The summed E-state index contributed by atoms with van der Waals surface area (Å²) >= 11 is 0. The van der Waals surface area contributed by atoms with Gasteiger partial charge in [0.2, 0.25) is 11.8 Å². The number of nitrogens with one attached hydrogen (secondary N) is 1. The van der Waals surface area contributed by atoms with Gasteiger partial charge in [-0.25, -0.2) is 0 Å². The third-order valence-corrected chi connectivity index (χ3v) is 3.24. The molecule has 2 unspecified atom stereocenters. The van der Waals surface area contributed by atoms with Crippen LogP contribution < -0.4 is 5.32 Å². The molecule has 0 bridgehead atoms. The SMILES string of the molecule is CCC1NC(=O)C(C(C)C)N(CC=C(C)C)C1=O. The van der Waals surface area contributed by atoms with Gasteiger partial charge >= 0.3 is 0 Å². The molecule has 0 aromatic rings. The number of carbonyl (C=O) groups excluding carboxylic acids is 2. The minimum absolute atomic E-state index is 0.0291. The van der Waals surface area contributed by atoms with Crippen LogP contribution in [0.25, 0.3) is 0 Å². The quantitative estimate of drug-likeness (QED) is 0.774.